The van der Waals surface area contributed by atoms with Gasteiger partial charge in [0.15, 0.2) is 0 Å². The molecule has 1 atom stereocenters. The molecule has 0 amide bonds. The van der Waals surface area contributed by atoms with Gasteiger partial charge in [-0.25, -0.2) is 0 Å². The van der Waals surface area contributed by atoms with Gasteiger partial charge in [-0.3, -0.25) is 4.79 Å². The van der Waals surface area contributed by atoms with Crippen LogP contribution in [0.5, 0.6) is 5.75 Å². The Bertz CT molecular complexity index is 971. The second kappa shape index (κ2) is 9.51. The first-order chi connectivity index (χ1) is 14.6. The van der Waals surface area contributed by atoms with Crippen LogP contribution in [0.4, 0.5) is 0 Å². The second-order valence-corrected chi connectivity index (χ2v) is 8.31. The van der Waals surface area contributed by atoms with Crippen molar-refractivity contribution < 1.29 is 14.2 Å². The Labute approximate surface area is 178 Å². The Morgan fingerprint density at radius 3 is 2.63 bits per heavy atom. The van der Waals surface area contributed by atoms with Crippen LogP contribution in [0.15, 0.2) is 41.2 Å². The number of aromatic nitrogens is 1. The van der Waals surface area contributed by atoms with Crippen molar-refractivity contribution in [1.29, 1.82) is 0 Å². The molecule has 0 N–H and O–H groups in total. The molecule has 1 aromatic heterocycles. The standard InChI is InChI=1S/C25H29NO4/c1-18(2)24-13-22(30-17-23-16-28-11-12-29-23)14-25(27)26(24)15-21-9-7-20(8-10-21)6-5-19-3-4-19/h7-10,13-14,18-19,23H,3-4,11-12,15-17H2,1-2H3/t23-/m1/s1. The second-order valence-electron chi connectivity index (χ2n) is 8.31. The van der Waals surface area contributed by atoms with Crippen molar-refractivity contribution in [2.75, 3.05) is 26.4 Å². The molecule has 1 saturated carbocycles. The minimum atomic E-state index is -0.0924. The number of pyridine rings is 1. The highest BCUT2D eigenvalue weighted by molar-refractivity contribution is 5.37. The van der Waals surface area contributed by atoms with Crippen molar-refractivity contribution in [1.82, 2.24) is 4.57 Å². The molecule has 1 saturated heterocycles. The van der Waals surface area contributed by atoms with Gasteiger partial charge in [-0.1, -0.05) is 37.8 Å². The van der Waals surface area contributed by atoms with Crippen molar-refractivity contribution in [2.45, 2.75) is 45.3 Å². The molecule has 2 aromatic rings. The third-order valence-corrected chi connectivity index (χ3v) is 5.34. The maximum absolute atomic E-state index is 12.9. The average Bonchev–Trinajstić information content (AvgIpc) is 3.58. The first-order valence-corrected chi connectivity index (χ1v) is 10.8. The predicted octanol–water partition coefficient (Wildman–Crippen LogP) is 3.58. The van der Waals surface area contributed by atoms with Crippen LogP contribution in [0.1, 0.15) is 49.4 Å². The molecule has 0 radical (unpaired) electrons. The van der Waals surface area contributed by atoms with Crippen molar-refractivity contribution in [3.8, 4) is 17.6 Å². The highest BCUT2D eigenvalue weighted by Crippen LogP contribution is 2.27. The van der Waals surface area contributed by atoms with Crippen LogP contribution in [0.2, 0.25) is 0 Å². The lowest BCUT2D eigenvalue weighted by Crippen LogP contribution is -2.33. The van der Waals surface area contributed by atoms with E-state index >= 15 is 0 Å². The zero-order valence-corrected chi connectivity index (χ0v) is 17.7. The fraction of sp³-hybridized carbons (Fsp3) is 0.480. The molecule has 0 spiro atoms. The third-order valence-electron chi connectivity index (χ3n) is 5.34. The minimum Gasteiger partial charge on any atom is -0.491 e. The van der Waals surface area contributed by atoms with Crippen LogP contribution in [0.3, 0.4) is 0 Å². The first-order valence-electron chi connectivity index (χ1n) is 10.8. The number of hydrogen-bond donors (Lipinski definition) is 0. The summed E-state index contributed by atoms with van der Waals surface area (Å²) in [5.41, 5.74) is 3.00. The van der Waals surface area contributed by atoms with Gasteiger partial charge < -0.3 is 18.8 Å². The van der Waals surface area contributed by atoms with Gasteiger partial charge in [0.1, 0.15) is 18.5 Å². The molecule has 30 heavy (non-hydrogen) atoms. The number of benzene rings is 1. The average molecular weight is 408 g/mol. The Morgan fingerprint density at radius 1 is 1.17 bits per heavy atom. The van der Waals surface area contributed by atoms with Crippen molar-refractivity contribution in [3.63, 3.8) is 0 Å². The van der Waals surface area contributed by atoms with Crippen LogP contribution in [0, 0.1) is 17.8 Å². The molecule has 1 aliphatic heterocycles. The molecular weight excluding hydrogens is 378 g/mol. The van der Waals surface area contributed by atoms with Gasteiger partial charge in [0.25, 0.3) is 5.56 Å². The quantitative estimate of drug-likeness (QED) is 0.687. The summed E-state index contributed by atoms with van der Waals surface area (Å²) in [7, 11) is 0. The number of nitrogens with zero attached hydrogens (tertiary/aromatic N) is 1. The highest BCUT2D eigenvalue weighted by atomic mass is 16.6. The Hall–Kier alpha value is -2.55. The summed E-state index contributed by atoms with van der Waals surface area (Å²) in [6, 6.07) is 11.7. The van der Waals surface area contributed by atoms with E-state index in [1.165, 1.54) is 12.8 Å². The molecule has 2 heterocycles. The molecule has 0 unspecified atom stereocenters. The van der Waals surface area contributed by atoms with Gasteiger partial charge in [-0.15, -0.1) is 0 Å². The zero-order valence-electron chi connectivity index (χ0n) is 17.7. The van der Waals surface area contributed by atoms with Gasteiger partial charge in [-0.05, 0) is 36.5 Å². The van der Waals surface area contributed by atoms with E-state index in [2.05, 4.69) is 37.8 Å². The molecule has 5 nitrogen and oxygen atoms in total. The lowest BCUT2D eigenvalue weighted by molar-refractivity contribution is -0.101. The molecule has 2 aliphatic rings. The maximum atomic E-state index is 12.9. The molecule has 1 aliphatic carbocycles. The van der Waals surface area contributed by atoms with E-state index in [1.807, 2.05) is 22.8 Å². The highest BCUT2D eigenvalue weighted by Gasteiger charge is 2.18. The Kier molecular flexibility index (Phi) is 6.56. The summed E-state index contributed by atoms with van der Waals surface area (Å²) >= 11 is 0. The third kappa shape index (κ3) is 5.53. The van der Waals surface area contributed by atoms with Gasteiger partial charge in [-0.2, -0.15) is 0 Å². The fourth-order valence-electron chi connectivity index (χ4n) is 3.43. The molecule has 5 heteroatoms. The summed E-state index contributed by atoms with van der Waals surface area (Å²) in [6.45, 7) is 6.81. The number of rotatable bonds is 6. The molecule has 0 bridgehead atoms. The number of ether oxygens (including phenoxy) is 3. The smallest absolute Gasteiger partial charge is 0.254 e. The Balaban J connectivity index is 1.47. The van der Waals surface area contributed by atoms with Gasteiger partial charge in [0.05, 0.1) is 26.4 Å². The molecule has 2 fully saturated rings. The SMILES string of the molecule is CC(C)c1cc(OC[C@H]2COCCO2)cc(=O)n1Cc1ccc(C#CC2CC2)cc1. The lowest BCUT2D eigenvalue weighted by atomic mass is 10.1. The van der Waals surface area contributed by atoms with Crippen LogP contribution in [0.25, 0.3) is 0 Å². The van der Waals surface area contributed by atoms with Gasteiger partial charge >= 0.3 is 0 Å². The van der Waals surface area contributed by atoms with Crippen LogP contribution >= 0.6 is 0 Å². The molecular formula is C25H29NO4. The summed E-state index contributed by atoms with van der Waals surface area (Å²) < 4.78 is 18.7. The van der Waals surface area contributed by atoms with E-state index < -0.39 is 0 Å². The lowest BCUT2D eigenvalue weighted by Gasteiger charge is -2.23. The predicted molar refractivity (Wildman–Crippen MR) is 116 cm³/mol. The van der Waals surface area contributed by atoms with Crippen molar-refractivity contribution in [3.05, 3.63) is 63.6 Å². The topological polar surface area (TPSA) is 49.7 Å². The zero-order chi connectivity index (χ0) is 20.9. The van der Waals surface area contributed by atoms with Crippen LogP contribution in [-0.4, -0.2) is 37.1 Å². The van der Waals surface area contributed by atoms with E-state index in [4.69, 9.17) is 14.2 Å². The normalized spacial score (nSPS) is 18.7. The molecule has 4 rings (SSSR count). The Morgan fingerprint density at radius 2 is 1.97 bits per heavy atom. The van der Waals surface area contributed by atoms with Crippen molar-refractivity contribution >= 4 is 0 Å². The summed E-state index contributed by atoms with van der Waals surface area (Å²) in [5.74, 6) is 7.88. The largest absolute Gasteiger partial charge is 0.491 e. The maximum Gasteiger partial charge on any atom is 0.254 e. The first kappa shape index (κ1) is 20.7. The summed E-state index contributed by atoms with van der Waals surface area (Å²) in [5, 5.41) is 0. The van der Waals surface area contributed by atoms with E-state index in [9.17, 15) is 4.79 Å². The van der Waals surface area contributed by atoms with E-state index in [1.54, 1.807) is 6.07 Å². The van der Waals surface area contributed by atoms with Crippen LogP contribution < -0.4 is 10.3 Å². The summed E-state index contributed by atoms with van der Waals surface area (Å²) in [4.78, 5) is 12.9. The summed E-state index contributed by atoms with van der Waals surface area (Å²) in [6.07, 6.45) is 2.37. The van der Waals surface area contributed by atoms with Crippen molar-refractivity contribution in [2.24, 2.45) is 5.92 Å². The fourth-order valence-corrected chi connectivity index (χ4v) is 3.43. The monoisotopic (exact) mass is 407 g/mol. The molecule has 158 valence electrons. The van der Waals surface area contributed by atoms with E-state index in [0.29, 0.717) is 44.6 Å². The molecule has 1 aromatic carbocycles. The number of hydrogen-bond acceptors (Lipinski definition) is 4. The van der Waals surface area contributed by atoms with Gasteiger partial charge in [0, 0.05) is 29.3 Å². The van der Waals surface area contributed by atoms with E-state index in [0.717, 1.165) is 16.8 Å². The minimum absolute atomic E-state index is 0.0605. The van der Waals surface area contributed by atoms with Crippen LogP contribution in [-0.2, 0) is 16.0 Å². The van der Waals surface area contributed by atoms with E-state index in [-0.39, 0.29) is 17.6 Å². The van der Waals surface area contributed by atoms with Gasteiger partial charge in [0.2, 0.25) is 0 Å².